The van der Waals surface area contributed by atoms with Crippen molar-refractivity contribution in [1.29, 1.82) is 0 Å². The molecule has 0 aromatic heterocycles. The van der Waals surface area contributed by atoms with Crippen LogP contribution in [0.5, 0.6) is 0 Å². The van der Waals surface area contributed by atoms with Gasteiger partial charge in [-0.15, -0.1) is 0 Å². The third kappa shape index (κ3) is 3.26. The van der Waals surface area contributed by atoms with Gasteiger partial charge in [0.05, 0.1) is 0 Å². The van der Waals surface area contributed by atoms with E-state index in [1.165, 1.54) is 0 Å². The van der Waals surface area contributed by atoms with E-state index in [4.69, 9.17) is 0 Å². The number of Topliss-reactive ketones (excluding diaryl/α,β-unsaturated/α-hetero) is 2. The Bertz CT molecular complexity index is 258. The molecule has 2 unspecified atom stereocenters. The summed E-state index contributed by atoms with van der Waals surface area (Å²) in [6, 6.07) is 0. The summed E-state index contributed by atoms with van der Waals surface area (Å²) >= 11 is 0. The Balaban J connectivity index is 2.54. The lowest BCUT2D eigenvalue weighted by Crippen LogP contribution is -2.30. The molecule has 1 aliphatic carbocycles. The first-order chi connectivity index (χ1) is 7.19. The molecule has 0 amide bonds. The minimum Gasteiger partial charge on any atom is -0.303 e. The fourth-order valence-corrected chi connectivity index (χ4v) is 2.20. The summed E-state index contributed by atoms with van der Waals surface area (Å²) < 4.78 is 0. The molecule has 0 heterocycles. The van der Waals surface area contributed by atoms with E-state index in [-0.39, 0.29) is 23.4 Å². The fourth-order valence-electron chi connectivity index (χ4n) is 2.20. The van der Waals surface area contributed by atoms with Crippen LogP contribution in [-0.2, 0) is 14.4 Å². The molecule has 0 N–H and O–H groups in total. The van der Waals surface area contributed by atoms with Crippen LogP contribution in [0.25, 0.3) is 0 Å². The lowest BCUT2D eigenvalue weighted by molar-refractivity contribution is -0.133. The molecule has 15 heavy (non-hydrogen) atoms. The van der Waals surface area contributed by atoms with Crippen LogP contribution in [0.3, 0.4) is 0 Å². The van der Waals surface area contributed by atoms with Gasteiger partial charge in [-0.2, -0.15) is 0 Å². The average Bonchev–Trinajstić information content (AvgIpc) is 2.24. The highest BCUT2D eigenvalue weighted by Crippen LogP contribution is 2.29. The molecule has 0 bridgehead atoms. The molecule has 0 radical (unpaired) electrons. The lowest BCUT2D eigenvalue weighted by Gasteiger charge is -2.26. The molecule has 3 nitrogen and oxygen atoms in total. The molecular weight excluding hydrogens is 192 g/mol. The van der Waals surface area contributed by atoms with Crippen molar-refractivity contribution in [2.24, 2.45) is 11.8 Å². The molecule has 0 aromatic rings. The number of hydrogen-bond donors (Lipinski definition) is 0. The minimum atomic E-state index is -0.120. The van der Waals surface area contributed by atoms with Crippen molar-refractivity contribution >= 4 is 17.9 Å². The molecule has 84 valence electrons. The van der Waals surface area contributed by atoms with Crippen LogP contribution in [0, 0.1) is 11.8 Å². The number of ketones is 2. The largest absolute Gasteiger partial charge is 0.303 e. The maximum Gasteiger partial charge on any atom is 0.139 e. The SMILES string of the molecule is CCC(=O)CC1CCCC(CC=O)C1=O. The Morgan fingerprint density at radius 3 is 2.67 bits per heavy atom. The highest BCUT2D eigenvalue weighted by atomic mass is 16.1. The van der Waals surface area contributed by atoms with Gasteiger partial charge in [-0.1, -0.05) is 13.3 Å². The number of carbonyl (C=O) groups excluding carboxylic acids is 3. The lowest BCUT2D eigenvalue weighted by atomic mass is 9.76. The number of hydrogen-bond acceptors (Lipinski definition) is 3. The van der Waals surface area contributed by atoms with Crippen LogP contribution in [0.2, 0.25) is 0 Å². The molecule has 0 spiro atoms. The Labute approximate surface area is 90.2 Å². The zero-order chi connectivity index (χ0) is 11.3. The van der Waals surface area contributed by atoms with Crippen molar-refractivity contribution in [3.63, 3.8) is 0 Å². The molecule has 1 saturated carbocycles. The molecule has 3 heteroatoms. The van der Waals surface area contributed by atoms with Crippen molar-refractivity contribution in [3.8, 4) is 0 Å². The van der Waals surface area contributed by atoms with Gasteiger partial charge in [0.25, 0.3) is 0 Å². The summed E-state index contributed by atoms with van der Waals surface area (Å²) in [5, 5.41) is 0. The van der Waals surface area contributed by atoms with Gasteiger partial charge >= 0.3 is 0 Å². The third-order valence-corrected chi connectivity index (χ3v) is 3.16. The van der Waals surface area contributed by atoms with Gasteiger partial charge in [-0.05, 0) is 12.8 Å². The van der Waals surface area contributed by atoms with E-state index in [9.17, 15) is 14.4 Å². The second-order valence-corrected chi connectivity index (χ2v) is 4.23. The zero-order valence-corrected chi connectivity index (χ0v) is 9.20. The highest BCUT2D eigenvalue weighted by Gasteiger charge is 2.31. The highest BCUT2D eigenvalue weighted by molar-refractivity contribution is 5.90. The first-order valence-electron chi connectivity index (χ1n) is 5.68. The van der Waals surface area contributed by atoms with E-state index >= 15 is 0 Å². The first-order valence-corrected chi connectivity index (χ1v) is 5.68. The Kier molecular flexibility index (Phi) is 4.66. The smallest absolute Gasteiger partial charge is 0.139 e. The number of aldehydes is 1. The van der Waals surface area contributed by atoms with Crippen molar-refractivity contribution in [1.82, 2.24) is 0 Å². The van der Waals surface area contributed by atoms with E-state index in [1.54, 1.807) is 0 Å². The van der Waals surface area contributed by atoms with Gasteiger partial charge in [-0.25, -0.2) is 0 Å². The molecule has 0 aromatic carbocycles. The van der Waals surface area contributed by atoms with Crippen LogP contribution in [-0.4, -0.2) is 17.9 Å². The summed E-state index contributed by atoms with van der Waals surface area (Å²) in [5.41, 5.74) is 0. The third-order valence-electron chi connectivity index (χ3n) is 3.16. The Morgan fingerprint density at radius 1 is 1.40 bits per heavy atom. The summed E-state index contributed by atoms with van der Waals surface area (Å²) in [6.45, 7) is 1.82. The molecular formula is C12H18O3. The summed E-state index contributed by atoms with van der Waals surface area (Å²) in [4.78, 5) is 33.5. The van der Waals surface area contributed by atoms with Gasteiger partial charge in [0.1, 0.15) is 17.9 Å². The maximum atomic E-state index is 11.9. The van der Waals surface area contributed by atoms with Crippen LogP contribution in [0.4, 0.5) is 0 Å². The Hall–Kier alpha value is -0.990. The van der Waals surface area contributed by atoms with Crippen molar-refractivity contribution in [2.75, 3.05) is 0 Å². The van der Waals surface area contributed by atoms with E-state index < -0.39 is 0 Å². The molecule has 0 aliphatic heterocycles. The van der Waals surface area contributed by atoms with Crippen LogP contribution in [0.15, 0.2) is 0 Å². The summed E-state index contributed by atoms with van der Waals surface area (Å²) in [6.07, 6.45) is 4.62. The molecule has 1 aliphatic rings. The van der Waals surface area contributed by atoms with E-state index in [0.717, 1.165) is 25.5 Å². The number of rotatable bonds is 5. The maximum absolute atomic E-state index is 11.9. The minimum absolute atomic E-state index is 0.115. The predicted octanol–water partition coefficient (Wildman–Crippen LogP) is 1.93. The van der Waals surface area contributed by atoms with Crippen LogP contribution in [0.1, 0.15) is 45.4 Å². The molecule has 1 fully saturated rings. The molecule has 1 rings (SSSR count). The summed E-state index contributed by atoms with van der Waals surface area (Å²) in [5.74, 6) is 0.0531. The van der Waals surface area contributed by atoms with Gasteiger partial charge < -0.3 is 4.79 Å². The van der Waals surface area contributed by atoms with Crippen LogP contribution < -0.4 is 0 Å². The molecule has 2 atom stereocenters. The van der Waals surface area contributed by atoms with Crippen molar-refractivity contribution < 1.29 is 14.4 Å². The quantitative estimate of drug-likeness (QED) is 0.651. The predicted molar refractivity (Wildman–Crippen MR) is 56.4 cm³/mol. The number of carbonyl (C=O) groups is 3. The van der Waals surface area contributed by atoms with Gasteiger partial charge in [0.2, 0.25) is 0 Å². The topological polar surface area (TPSA) is 51.2 Å². The van der Waals surface area contributed by atoms with Crippen molar-refractivity contribution in [3.05, 3.63) is 0 Å². The van der Waals surface area contributed by atoms with E-state index in [1.807, 2.05) is 6.92 Å². The van der Waals surface area contributed by atoms with Crippen molar-refractivity contribution in [2.45, 2.75) is 45.4 Å². The van der Waals surface area contributed by atoms with Crippen LogP contribution >= 0.6 is 0 Å². The van der Waals surface area contributed by atoms with Gasteiger partial charge in [-0.3, -0.25) is 9.59 Å². The van der Waals surface area contributed by atoms with E-state index in [0.29, 0.717) is 19.3 Å². The monoisotopic (exact) mass is 210 g/mol. The summed E-state index contributed by atoms with van der Waals surface area (Å²) in [7, 11) is 0. The second kappa shape index (κ2) is 5.79. The Morgan fingerprint density at radius 2 is 2.07 bits per heavy atom. The second-order valence-electron chi connectivity index (χ2n) is 4.23. The first kappa shape index (κ1) is 12.1. The fraction of sp³-hybridized carbons (Fsp3) is 0.750. The molecule has 0 saturated heterocycles. The van der Waals surface area contributed by atoms with Gasteiger partial charge in [0.15, 0.2) is 0 Å². The zero-order valence-electron chi connectivity index (χ0n) is 9.20. The normalized spacial score (nSPS) is 26.3. The van der Waals surface area contributed by atoms with Gasteiger partial charge in [0, 0.05) is 31.1 Å². The average molecular weight is 210 g/mol. The standard InChI is InChI=1S/C12H18O3/c1-2-11(14)8-10-5-3-4-9(6-7-13)12(10)15/h7,9-10H,2-6,8H2,1H3. The van der Waals surface area contributed by atoms with E-state index in [2.05, 4.69) is 0 Å².